The average molecular weight is 334 g/mol. The van der Waals surface area contributed by atoms with Gasteiger partial charge in [-0.05, 0) is 37.1 Å². The molecule has 1 aliphatic heterocycles. The molecule has 0 unspecified atom stereocenters. The summed E-state index contributed by atoms with van der Waals surface area (Å²) >= 11 is 0. The highest BCUT2D eigenvalue weighted by Crippen LogP contribution is 2.38. The third kappa shape index (κ3) is 3.85. The Morgan fingerprint density at radius 1 is 1.21 bits per heavy atom. The zero-order chi connectivity index (χ0) is 17.0. The fourth-order valence-corrected chi connectivity index (χ4v) is 3.04. The molecule has 1 aliphatic carbocycles. The Kier molecular flexibility index (Phi) is 5.01. The first-order valence-electron chi connectivity index (χ1n) is 8.15. The van der Waals surface area contributed by atoms with Gasteiger partial charge in [-0.25, -0.2) is 0 Å². The summed E-state index contributed by atoms with van der Waals surface area (Å²) in [5.41, 5.74) is 0.529. The Morgan fingerprint density at radius 2 is 1.92 bits per heavy atom. The van der Waals surface area contributed by atoms with Crippen molar-refractivity contribution < 1.29 is 23.8 Å². The highest BCUT2D eigenvalue weighted by atomic mass is 16.7. The van der Waals surface area contributed by atoms with Gasteiger partial charge in [0, 0.05) is 25.1 Å². The number of hydrogen-bond donors (Lipinski definition) is 2. The molecule has 1 atom stereocenters. The zero-order valence-electron chi connectivity index (χ0n) is 13.7. The monoisotopic (exact) mass is 334 g/mol. The van der Waals surface area contributed by atoms with Crippen LogP contribution in [0.3, 0.4) is 0 Å². The van der Waals surface area contributed by atoms with Crippen LogP contribution in [-0.2, 0) is 19.1 Å². The van der Waals surface area contributed by atoms with Crippen molar-refractivity contribution in [3.8, 4) is 5.75 Å². The van der Waals surface area contributed by atoms with Crippen LogP contribution < -0.4 is 15.4 Å². The van der Waals surface area contributed by atoms with Crippen LogP contribution in [0.15, 0.2) is 24.3 Å². The molecule has 1 aromatic carbocycles. The van der Waals surface area contributed by atoms with E-state index in [1.54, 1.807) is 31.4 Å². The van der Waals surface area contributed by atoms with Gasteiger partial charge in [0.25, 0.3) is 0 Å². The molecule has 0 bridgehead atoms. The van der Waals surface area contributed by atoms with E-state index in [0.717, 1.165) is 25.7 Å². The quantitative estimate of drug-likeness (QED) is 0.814. The topological polar surface area (TPSA) is 85.9 Å². The molecule has 2 fully saturated rings. The number of ether oxygens (including phenoxy) is 3. The largest absolute Gasteiger partial charge is 0.497 e. The molecule has 1 heterocycles. The van der Waals surface area contributed by atoms with Crippen molar-refractivity contribution in [2.75, 3.05) is 25.6 Å². The van der Waals surface area contributed by atoms with E-state index in [4.69, 9.17) is 14.2 Å². The number of carbonyl (C=O) groups excluding carboxylic acids is 2. The Labute approximate surface area is 140 Å². The van der Waals surface area contributed by atoms with Crippen LogP contribution in [0.5, 0.6) is 5.75 Å². The highest BCUT2D eigenvalue weighted by molar-refractivity contribution is 6.39. The molecule has 7 heteroatoms. The minimum atomic E-state index is -0.713. The van der Waals surface area contributed by atoms with Crippen molar-refractivity contribution >= 4 is 17.5 Å². The minimum absolute atomic E-state index is 0.208. The summed E-state index contributed by atoms with van der Waals surface area (Å²) in [5, 5.41) is 5.13. The van der Waals surface area contributed by atoms with Gasteiger partial charge >= 0.3 is 11.8 Å². The molecule has 2 N–H and O–H groups in total. The van der Waals surface area contributed by atoms with Gasteiger partial charge in [0.2, 0.25) is 0 Å². The normalized spacial score (nSPS) is 21.6. The number of benzene rings is 1. The Hall–Kier alpha value is -2.12. The maximum atomic E-state index is 11.9. The third-order valence-electron chi connectivity index (χ3n) is 4.32. The van der Waals surface area contributed by atoms with E-state index in [1.165, 1.54) is 0 Å². The molecule has 2 amide bonds. The van der Waals surface area contributed by atoms with Crippen molar-refractivity contribution in [2.45, 2.75) is 37.6 Å². The van der Waals surface area contributed by atoms with Gasteiger partial charge < -0.3 is 24.8 Å². The maximum Gasteiger partial charge on any atom is 0.313 e. The number of hydrogen-bond acceptors (Lipinski definition) is 5. The Balaban J connectivity index is 1.43. The van der Waals surface area contributed by atoms with Crippen LogP contribution >= 0.6 is 0 Å². The molecular weight excluding hydrogens is 312 g/mol. The summed E-state index contributed by atoms with van der Waals surface area (Å²) in [6.45, 7) is 0.705. The summed E-state index contributed by atoms with van der Waals surface area (Å²) in [6.07, 6.45) is 3.79. The van der Waals surface area contributed by atoms with E-state index >= 15 is 0 Å². The van der Waals surface area contributed by atoms with Gasteiger partial charge in [0.1, 0.15) is 11.9 Å². The number of methoxy groups -OCH3 is 1. The van der Waals surface area contributed by atoms with E-state index in [2.05, 4.69) is 10.6 Å². The van der Waals surface area contributed by atoms with E-state index in [1.807, 2.05) is 0 Å². The first-order valence-corrected chi connectivity index (χ1v) is 8.15. The third-order valence-corrected chi connectivity index (χ3v) is 4.32. The molecule has 7 nitrogen and oxygen atoms in total. The highest BCUT2D eigenvalue weighted by Gasteiger charge is 2.43. The maximum absolute atomic E-state index is 11.9. The van der Waals surface area contributed by atoms with Gasteiger partial charge in [-0.2, -0.15) is 0 Å². The average Bonchev–Trinajstić information content (AvgIpc) is 3.23. The van der Waals surface area contributed by atoms with Crippen molar-refractivity contribution in [1.29, 1.82) is 0 Å². The summed E-state index contributed by atoms with van der Waals surface area (Å²) in [4.78, 5) is 23.8. The van der Waals surface area contributed by atoms with Gasteiger partial charge in [0.05, 0.1) is 13.7 Å². The van der Waals surface area contributed by atoms with E-state index in [9.17, 15) is 9.59 Å². The van der Waals surface area contributed by atoms with Crippen LogP contribution in [0.4, 0.5) is 5.69 Å². The van der Waals surface area contributed by atoms with Crippen molar-refractivity contribution in [3.63, 3.8) is 0 Å². The lowest BCUT2D eigenvalue weighted by Crippen LogP contribution is -2.40. The van der Waals surface area contributed by atoms with E-state index in [0.29, 0.717) is 18.0 Å². The minimum Gasteiger partial charge on any atom is -0.497 e. The van der Waals surface area contributed by atoms with E-state index in [-0.39, 0.29) is 12.6 Å². The fourth-order valence-electron chi connectivity index (χ4n) is 3.04. The van der Waals surface area contributed by atoms with Crippen LogP contribution in [-0.4, -0.2) is 44.0 Å². The molecule has 1 aromatic rings. The molecule has 130 valence electrons. The standard InChI is InChI=1S/C17H22N2O5/c1-22-13-6-4-12(5-7-13)19-16(21)15(20)18-10-14-11-23-17(24-14)8-2-3-9-17/h4-7,14H,2-3,8-11H2,1H3,(H,18,20)(H,19,21)/t14-/m1/s1. The lowest BCUT2D eigenvalue weighted by atomic mass is 10.2. The SMILES string of the molecule is COc1ccc(NC(=O)C(=O)NC[C@@H]2COC3(CCCC3)O2)cc1. The number of nitrogens with one attached hydrogen (secondary N) is 2. The molecule has 1 saturated heterocycles. The molecule has 0 radical (unpaired) electrons. The molecule has 1 spiro atoms. The second kappa shape index (κ2) is 7.19. The van der Waals surface area contributed by atoms with Crippen LogP contribution in [0.25, 0.3) is 0 Å². The molecule has 1 saturated carbocycles. The first-order chi connectivity index (χ1) is 11.6. The fraction of sp³-hybridized carbons (Fsp3) is 0.529. The summed E-state index contributed by atoms with van der Waals surface area (Å²) in [5.74, 6) is -1.19. The van der Waals surface area contributed by atoms with Crippen LogP contribution in [0.2, 0.25) is 0 Å². The number of amides is 2. The summed E-state index contributed by atoms with van der Waals surface area (Å²) in [7, 11) is 1.56. The Morgan fingerprint density at radius 3 is 2.58 bits per heavy atom. The molecular formula is C17H22N2O5. The first kappa shape index (κ1) is 16.7. The second-order valence-corrected chi connectivity index (χ2v) is 6.06. The van der Waals surface area contributed by atoms with Gasteiger partial charge in [-0.1, -0.05) is 0 Å². The number of carbonyl (C=O) groups is 2. The smallest absolute Gasteiger partial charge is 0.313 e. The predicted molar refractivity (Wildman–Crippen MR) is 86.7 cm³/mol. The van der Waals surface area contributed by atoms with Crippen molar-refractivity contribution in [3.05, 3.63) is 24.3 Å². The van der Waals surface area contributed by atoms with Gasteiger partial charge in [-0.3, -0.25) is 9.59 Å². The van der Waals surface area contributed by atoms with E-state index < -0.39 is 17.6 Å². The van der Waals surface area contributed by atoms with Crippen LogP contribution in [0.1, 0.15) is 25.7 Å². The molecule has 2 aliphatic rings. The van der Waals surface area contributed by atoms with Crippen molar-refractivity contribution in [2.24, 2.45) is 0 Å². The van der Waals surface area contributed by atoms with Crippen LogP contribution in [0, 0.1) is 0 Å². The lowest BCUT2D eigenvalue weighted by Gasteiger charge is -2.21. The molecule has 0 aromatic heterocycles. The second-order valence-electron chi connectivity index (χ2n) is 6.06. The molecule has 24 heavy (non-hydrogen) atoms. The van der Waals surface area contributed by atoms with Crippen molar-refractivity contribution in [1.82, 2.24) is 5.32 Å². The lowest BCUT2D eigenvalue weighted by molar-refractivity contribution is -0.161. The number of anilines is 1. The number of rotatable bonds is 4. The Bertz CT molecular complexity index is 596. The van der Waals surface area contributed by atoms with Gasteiger partial charge in [0.15, 0.2) is 5.79 Å². The summed E-state index contributed by atoms with van der Waals surface area (Å²) < 4.78 is 16.7. The van der Waals surface area contributed by atoms with Gasteiger partial charge in [-0.15, -0.1) is 0 Å². The summed E-state index contributed by atoms with van der Waals surface area (Å²) in [6, 6.07) is 6.75. The molecule has 3 rings (SSSR count). The zero-order valence-corrected chi connectivity index (χ0v) is 13.7. The predicted octanol–water partition coefficient (Wildman–Crippen LogP) is 1.44.